The van der Waals surface area contributed by atoms with Crippen molar-refractivity contribution in [1.82, 2.24) is 9.37 Å². The quantitative estimate of drug-likeness (QED) is 0.259. The van der Waals surface area contributed by atoms with Crippen LogP contribution in [-0.4, -0.2) is 69.4 Å². The third-order valence-corrected chi connectivity index (χ3v) is 9.30. The number of hydroxylamine groups is 1. The topological polar surface area (TPSA) is 97.8 Å². The zero-order valence-electron chi connectivity index (χ0n) is 23.3. The fraction of sp³-hybridized carbons (Fsp3) is 0.355. The van der Waals surface area contributed by atoms with Gasteiger partial charge in [0.1, 0.15) is 23.4 Å². The molecule has 2 heterocycles. The maximum absolute atomic E-state index is 13.0. The molecule has 2 aliphatic rings. The Labute approximate surface area is 241 Å². The molecular weight excluding hydrogens is 544 g/mol. The van der Waals surface area contributed by atoms with E-state index in [0.29, 0.717) is 42.1 Å². The minimum absolute atomic E-state index is 0.206. The lowest BCUT2D eigenvalue weighted by Gasteiger charge is -2.36. The van der Waals surface area contributed by atoms with Crippen molar-refractivity contribution in [2.75, 3.05) is 40.5 Å². The highest BCUT2D eigenvalue weighted by molar-refractivity contribution is 7.89. The Morgan fingerprint density at radius 1 is 0.976 bits per heavy atom. The molecule has 218 valence electrons. The number of hydrogen-bond donors (Lipinski definition) is 1. The molecule has 3 aromatic carbocycles. The summed E-state index contributed by atoms with van der Waals surface area (Å²) in [6, 6.07) is 21.1. The normalized spacial score (nSPS) is 18.0. The van der Waals surface area contributed by atoms with Gasteiger partial charge in [-0.15, -0.1) is 0 Å². The minimum atomic E-state index is -3.71. The molecule has 9 nitrogen and oxygen atoms in total. The average Bonchev–Trinajstić information content (AvgIpc) is 3.01. The average molecular weight is 581 g/mol. The number of benzene rings is 3. The predicted molar refractivity (Wildman–Crippen MR) is 155 cm³/mol. The van der Waals surface area contributed by atoms with E-state index in [1.54, 1.807) is 49.8 Å². The van der Waals surface area contributed by atoms with Crippen molar-refractivity contribution >= 4 is 15.6 Å². The van der Waals surface area contributed by atoms with Crippen LogP contribution >= 0.6 is 0 Å². The first kappa shape index (κ1) is 29.1. The summed E-state index contributed by atoms with van der Waals surface area (Å²) in [7, 11) is -0.685. The van der Waals surface area contributed by atoms with Crippen LogP contribution in [0, 0.1) is 0 Å². The van der Waals surface area contributed by atoms with E-state index >= 15 is 0 Å². The molecule has 1 N–H and O–H groups in total. The lowest BCUT2D eigenvalue weighted by Crippen LogP contribution is -2.47. The molecule has 0 amide bonds. The lowest BCUT2D eigenvalue weighted by atomic mass is 9.94. The molecule has 0 spiro atoms. The second-order valence-electron chi connectivity index (χ2n) is 10.1. The number of sulfonamides is 1. The fourth-order valence-electron chi connectivity index (χ4n) is 5.27. The first-order chi connectivity index (χ1) is 19.9. The molecule has 41 heavy (non-hydrogen) atoms. The molecule has 1 saturated heterocycles. The number of hydrogen-bond acceptors (Lipinski definition) is 8. The van der Waals surface area contributed by atoms with Gasteiger partial charge < -0.3 is 24.2 Å². The van der Waals surface area contributed by atoms with Gasteiger partial charge in [0, 0.05) is 23.7 Å². The third-order valence-electron chi connectivity index (χ3n) is 7.51. The summed E-state index contributed by atoms with van der Waals surface area (Å²) >= 11 is 0. The van der Waals surface area contributed by atoms with Gasteiger partial charge in [-0.25, -0.2) is 8.42 Å². The highest BCUT2D eigenvalue weighted by Crippen LogP contribution is 2.41. The van der Waals surface area contributed by atoms with E-state index < -0.39 is 16.1 Å². The van der Waals surface area contributed by atoms with Crippen LogP contribution in [0.15, 0.2) is 84.0 Å². The monoisotopic (exact) mass is 580 g/mol. The SMILES string of the molecule is COc1ccc(C2=COc3cc(OCCCN4CCC(N(OC)S(=O)(=O)c5ccccc5)CC4)ccc3C2O)cc1. The Bertz CT molecular complexity index is 1440. The standard InChI is InChI=1S/C31H36N2O7S/c1-37-25-11-9-23(10-12-25)29-22-40-30-21-26(13-14-28(30)31(29)34)39-20-6-17-32-18-15-24(16-19-32)33(38-2)41(35,36)27-7-4-3-5-8-27/h3-5,7-14,21-22,24,31,34H,6,15-20H2,1-2H3. The maximum atomic E-state index is 13.0. The van der Waals surface area contributed by atoms with Crippen LogP contribution in [0.4, 0.5) is 0 Å². The lowest BCUT2D eigenvalue weighted by molar-refractivity contribution is -0.0939. The van der Waals surface area contributed by atoms with E-state index in [2.05, 4.69) is 4.90 Å². The van der Waals surface area contributed by atoms with Crippen molar-refractivity contribution in [3.8, 4) is 17.2 Å². The van der Waals surface area contributed by atoms with Gasteiger partial charge >= 0.3 is 0 Å². The number of piperidine rings is 1. The zero-order valence-corrected chi connectivity index (χ0v) is 24.1. The Morgan fingerprint density at radius 2 is 1.68 bits per heavy atom. The number of ether oxygens (including phenoxy) is 3. The van der Waals surface area contributed by atoms with Gasteiger partial charge in [0.15, 0.2) is 0 Å². The van der Waals surface area contributed by atoms with Crippen molar-refractivity contribution in [3.05, 3.63) is 90.2 Å². The number of rotatable bonds is 11. The summed E-state index contributed by atoms with van der Waals surface area (Å²) in [6.07, 6.45) is 2.98. The van der Waals surface area contributed by atoms with Crippen LogP contribution in [0.1, 0.15) is 36.5 Å². The van der Waals surface area contributed by atoms with Crippen molar-refractivity contribution in [2.24, 2.45) is 0 Å². The van der Waals surface area contributed by atoms with E-state index in [9.17, 15) is 13.5 Å². The number of methoxy groups -OCH3 is 1. The first-order valence-electron chi connectivity index (χ1n) is 13.7. The Kier molecular flexibility index (Phi) is 9.26. The summed E-state index contributed by atoms with van der Waals surface area (Å²) in [4.78, 5) is 7.90. The van der Waals surface area contributed by atoms with Crippen molar-refractivity contribution in [2.45, 2.75) is 36.3 Å². The molecule has 10 heteroatoms. The highest BCUT2D eigenvalue weighted by atomic mass is 32.2. The van der Waals surface area contributed by atoms with E-state index in [1.807, 2.05) is 36.4 Å². The summed E-state index contributed by atoms with van der Waals surface area (Å²) < 4.78 is 44.3. The van der Waals surface area contributed by atoms with Gasteiger partial charge in [0.2, 0.25) is 0 Å². The van der Waals surface area contributed by atoms with Gasteiger partial charge in [0.05, 0.1) is 38.0 Å². The van der Waals surface area contributed by atoms with Crippen LogP contribution in [0.3, 0.4) is 0 Å². The Morgan fingerprint density at radius 3 is 2.37 bits per heavy atom. The minimum Gasteiger partial charge on any atom is -0.497 e. The Balaban J connectivity index is 1.08. The number of aliphatic hydroxyl groups is 1. The predicted octanol–water partition coefficient (Wildman–Crippen LogP) is 4.65. The van der Waals surface area contributed by atoms with Crippen LogP contribution in [0.25, 0.3) is 5.57 Å². The number of aliphatic hydroxyl groups excluding tert-OH is 1. The molecule has 3 aromatic rings. The maximum Gasteiger partial charge on any atom is 0.265 e. The van der Waals surface area contributed by atoms with Gasteiger partial charge in [-0.05, 0) is 74.3 Å². The van der Waals surface area contributed by atoms with Crippen LogP contribution in [0.5, 0.6) is 17.2 Å². The molecule has 1 fully saturated rings. The van der Waals surface area contributed by atoms with Crippen molar-refractivity contribution in [3.63, 3.8) is 0 Å². The molecule has 0 radical (unpaired) electrons. The number of nitrogens with zero attached hydrogens (tertiary/aromatic N) is 2. The largest absolute Gasteiger partial charge is 0.497 e. The molecular formula is C31H36N2O7S. The third kappa shape index (κ3) is 6.58. The van der Waals surface area contributed by atoms with E-state index in [4.69, 9.17) is 19.0 Å². The zero-order chi connectivity index (χ0) is 28.8. The van der Waals surface area contributed by atoms with Crippen molar-refractivity contribution in [1.29, 1.82) is 0 Å². The fourth-order valence-corrected chi connectivity index (χ4v) is 6.78. The first-order valence-corrected chi connectivity index (χ1v) is 15.2. The van der Waals surface area contributed by atoms with Gasteiger partial charge in [-0.3, -0.25) is 4.84 Å². The molecule has 0 aliphatic carbocycles. The van der Waals surface area contributed by atoms with Crippen LogP contribution in [0.2, 0.25) is 0 Å². The highest BCUT2D eigenvalue weighted by Gasteiger charge is 2.34. The van der Waals surface area contributed by atoms with Gasteiger partial charge in [-0.2, -0.15) is 0 Å². The second kappa shape index (κ2) is 13.1. The summed E-state index contributed by atoms with van der Waals surface area (Å²) in [6.45, 7) is 2.94. The van der Waals surface area contributed by atoms with E-state index in [0.717, 1.165) is 41.8 Å². The molecule has 0 bridgehead atoms. The second-order valence-corrected chi connectivity index (χ2v) is 11.8. The molecule has 2 aliphatic heterocycles. The smallest absolute Gasteiger partial charge is 0.265 e. The Hall–Kier alpha value is -3.41. The van der Waals surface area contributed by atoms with Gasteiger partial charge in [0.25, 0.3) is 10.0 Å². The number of fused-ring (bicyclic) bond motifs is 1. The van der Waals surface area contributed by atoms with Crippen molar-refractivity contribution < 1.29 is 32.6 Å². The molecule has 1 unspecified atom stereocenters. The van der Waals surface area contributed by atoms with Crippen LogP contribution in [-0.2, 0) is 14.9 Å². The van der Waals surface area contributed by atoms with E-state index in [1.165, 1.54) is 7.11 Å². The van der Waals surface area contributed by atoms with Gasteiger partial charge in [-0.1, -0.05) is 34.8 Å². The summed E-state index contributed by atoms with van der Waals surface area (Å²) in [5.74, 6) is 2.00. The molecule has 0 saturated carbocycles. The van der Waals surface area contributed by atoms with Crippen LogP contribution < -0.4 is 14.2 Å². The molecule has 0 aromatic heterocycles. The number of likely N-dealkylation sites (tertiary alicyclic amines) is 1. The molecule has 1 atom stereocenters. The summed E-state index contributed by atoms with van der Waals surface area (Å²) in [5, 5.41) is 11.0. The molecule has 5 rings (SSSR count). The van der Waals surface area contributed by atoms with E-state index in [-0.39, 0.29) is 10.9 Å². The summed E-state index contributed by atoms with van der Waals surface area (Å²) in [5.41, 5.74) is 2.23.